The van der Waals surface area contributed by atoms with Gasteiger partial charge in [-0.1, -0.05) is 0 Å². The van der Waals surface area contributed by atoms with Crippen LogP contribution in [0.1, 0.15) is 12.8 Å². The first kappa shape index (κ1) is 15.0. The van der Waals surface area contributed by atoms with E-state index in [9.17, 15) is 9.90 Å². The fourth-order valence-electron chi connectivity index (χ4n) is 2.94. The summed E-state index contributed by atoms with van der Waals surface area (Å²) >= 11 is 0. The van der Waals surface area contributed by atoms with Crippen LogP contribution < -0.4 is 10.3 Å². The molecule has 6 heteroatoms. The first-order valence-electron chi connectivity index (χ1n) is 7.61. The molecule has 0 bridgehead atoms. The average Bonchev–Trinajstić information content (AvgIpc) is 3.02. The van der Waals surface area contributed by atoms with E-state index in [4.69, 9.17) is 4.74 Å². The van der Waals surface area contributed by atoms with Gasteiger partial charge in [0.1, 0.15) is 5.75 Å². The number of hydrogen-bond donors (Lipinski definition) is 1. The summed E-state index contributed by atoms with van der Waals surface area (Å²) in [5.41, 5.74) is 0.487. The Morgan fingerprint density at radius 1 is 1.32 bits per heavy atom. The Labute approximate surface area is 129 Å². The molecule has 2 heterocycles. The van der Waals surface area contributed by atoms with Crippen molar-refractivity contribution in [3.63, 3.8) is 0 Å². The van der Waals surface area contributed by atoms with Crippen LogP contribution in [0.4, 0.5) is 0 Å². The van der Waals surface area contributed by atoms with Gasteiger partial charge >= 0.3 is 0 Å². The van der Waals surface area contributed by atoms with Gasteiger partial charge in [0.15, 0.2) is 0 Å². The van der Waals surface area contributed by atoms with Gasteiger partial charge in [-0.25, -0.2) is 4.98 Å². The minimum atomic E-state index is -0.569. The van der Waals surface area contributed by atoms with Gasteiger partial charge in [0.25, 0.3) is 5.56 Å². The third kappa shape index (κ3) is 3.13. The van der Waals surface area contributed by atoms with Crippen LogP contribution in [0.5, 0.6) is 5.75 Å². The highest BCUT2D eigenvalue weighted by molar-refractivity contribution is 5.78. The molecule has 1 aromatic carbocycles. The van der Waals surface area contributed by atoms with Crippen LogP contribution in [-0.4, -0.2) is 52.4 Å². The molecule has 118 valence electrons. The molecule has 2 aromatic rings. The zero-order valence-corrected chi connectivity index (χ0v) is 12.7. The van der Waals surface area contributed by atoms with Crippen LogP contribution in [0.25, 0.3) is 10.9 Å². The standard InChI is InChI=1S/C16H21N3O3/c1-22-13-4-5-15-14(8-13)16(21)19(11-17-15)10-12(20)9-18-6-2-3-7-18/h4-5,8,11-12,20H,2-3,6-7,9-10H2,1H3. The molecule has 1 aliphatic heterocycles. The van der Waals surface area contributed by atoms with Crippen LogP contribution in [0.15, 0.2) is 29.3 Å². The van der Waals surface area contributed by atoms with Crippen molar-refractivity contribution in [1.29, 1.82) is 0 Å². The van der Waals surface area contributed by atoms with Gasteiger partial charge in [0.05, 0.1) is 37.0 Å². The van der Waals surface area contributed by atoms with Gasteiger partial charge < -0.3 is 14.7 Å². The summed E-state index contributed by atoms with van der Waals surface area (Å²) in [5.74, 6) is 0.627. The molecule has 1 aliphatic rings. The number of ether oxygens (including phenoxy) is 1. The van der Waals surface area contributed by atoms with Gasteiger partial charge in [-0.15, -0.1) is 0 Å². The molecule has 6 nitrogen and oxygen atoms in total. The topological polar surface area (TPSA) is 67.6 Å². The SMILES string of the molecule is COc1ccc2ncn(CC(O)CN3CCCC3)c(=O)c2c1. The predicted octanol–water partition coefficient (Wildman–Crippen LogP) is 0.862. The van der Waals surface area contributed by atoms with Crippen molar-refractivity contribution in [2.24, 2.45) is 0 Å². The number of aromatic nitrogens is 2. The third-order valence-electron chi connectivity index (χ3n) is 4.11. The average molecular weight is 303 g/mol. The summed E-state index contributed by atoms with van der Waals surface area (Å²) in [4.78, 5) is 19.0. The number of rotatable bonds is 5. The highest BCUT2D eigenvalue weighted by Gasteiger charge is 2.17. The lowest BCUT2D eigenvalue weighted by molar-refractivity contribution is 0.108. The van der Waals surface area contributed by atoms with Gasteiger partial charge in [-0.2, -0.15) is 0 Å². The molecule has 0 amide bonds. The molecule has 0 aliphatic carbocycles. The second-order valence-electron chi connectivity index (χ2n) is 5.75. The summed E-state index contributed by atoms with van der Waals surface area (Å²) in [6.07, 6.45) is 3.30. The van der Waals surface area contributed by atoms with E-state index in [0.29, 0.717) is 23.2 Å². The van der Waals surface area contributed by atoms with E-state index in [0.717, 1.165) is 13.1 Å². The summed E-state index contributed by atoms with van der Waals surface area (Å²) in [5, 5.41) is 10.7. The minimum absolute atomic E-state index is 0.149. The molecule has 3 rings (SSSR count). The highest BCUT2D eigenvalue weighted by atomic mass is 16.5. The molecule has 22 heavy (non-hydrogen) atoms. The maximum atomic E-state index is 12.5. The largest absolute Gasteiger partial charge is 0.497 e. The fourth-order valence-corrected chi connectivity index (χ4v) is 2.94. The molecule has 0 spiro atoms. The first-order chi connectivity index (χ1) is 10.7. The number of benzene rings is 1. The molecule has 1 aromatic heterocycles. The van der Waals surface area contributed by atoms with E-state index in [1.165, 1.54) is 23.7 Å². The second kappa shape index (κ2) is 6.46. The van der Waals surface area contributed by atoms with E-state index in [1.54, 1.807) is 25.3 Å². The number of methoxy groups -OCH3 is 1. The van der Waals surface area contributed by atoms with Crippen molar-refractivity contribution in [1.82, 2.24) is 14.5 Å². The Bertz CT molecular complexity index is 707. The first-order valence-corrected chi connectivity index (χ1v) is 7.61. The van der Waals surface area contributed by atoms with Crippen molar-refractivity contribution in [2.75, 3.05) is 26.7 Å². The van der Waals surface area contributed by atoms with E-state index in [1.807, 2.05) is 0 Å². The smallest absolute Gasteiger partial charge is 0.261 e. The van der Waals surface area contributed by atoms with Crippen LogP contribution in [0, 0.1) is 0 Å². The van der Waals surface area contributed by atoms with Crippen LogP contribution >= 0.6 is 0 Å². The summed E-state index contributed by atoms with van der Waals surface area (Å²) in [6, 6.07) is 5.23. The maximum absolute atomic E-state index is 12.5. The molecule has 1 atom stereocenters. The minimum Gasteiger partial charge on any atom is -0.497 e. The number of β-amino-alcohol motifs (C(OH)–C–C–N with tert-alkyl or cyclic N) is 1. The Morgan fingerprint density at radius 3 is 2.82 bits per heavy atom. The quantitative estimate of drug-likeness (QED) is 0.887. The zero-order chi connectivity index (χ0) is 15.5. The Hall–Kier alpha value is -1.92. The molecule has 0 saturated carbocycles. The van der Waals surface area contributed by atoms with Crippen LogP contribution in [0.2, 0.25) is 0 Å². The lowest BCUT2D eigenvalue weighted by atomic mass is 10.2. The lowest BCUT2D eigenvalue weighted by Gasteiger charge is -2.20. The Morgan fingerprint density at radius 2 is 2.09 bits per heavy atom. The molecular weight excluding hydrogens is 282 g/mol. The van der Waals surface area contributed by atoms with Gasteiger partial charge in [-0.05, 0) is 44.1 Å². The third-order valence-corrected chi connectivity index (χ3v) is 4.11. The van der Waals surface area contributed by atoms with E-state index >= 15 is 0 Å². The monoisotopic (exact) mass is 303 g/mol. The number of aliphatic hydroxyl groups is 1. The lowest BCUT2D eigenvalue weighted by Crippen LogP contribution is -2.35. The summed E-state index contributed by atoms with van der Waals surface area (Å²) in [6.45, 7) is 2.91. The molecule has 1 saturated heterocycles. The number of likely N-dealkylation sites (tertiary alicyclic amines) is 1. The van der Waals surface area contributed by atoms with Crippen LogP contribution in [0.3, 0.4) is 0 Å². The van der Waals surface area contributed by atoms with Gasteiger partial charge in [-0.3, -0.25) is 9.36 Å². The van der Waals surface area contributed by atoms with Crippen molar-refractivity contribution in [2.45, 2.75) is 25.5 Å². The maximum Gasteiger partial charge on any atom is 0.261 e. The van der Waals surface area contributed by atoms with E-state index < -0.39 is 6.10 Å². The van der Waals surface area contributed by atoms with E-state index in [-0.39, 0.29) is 12.1 Å². The van der Waals surface area contributed by atoms with Crippen molar-refractivity contribution in [3.8, 4) is 5.75 Å². The number of nitrogens with zero attached hydrogens (tertiary/aromatic N) is 3. The normalized spacial score (nSPS) is 17.0. The summed E-state index contributed by atoms with van der Waals surface area (Å²) < 4.78 is 6.63. The van der Waals surface area contributed by atoms with E-state index in [2.05, 4.69) is 9.88 Å². The molecule has 0 radical (unpaired) electrons. The van der Waals surface area contributed by atoms with Crippen molar-refractivity contribution < 1.29 is 9.84 Å². The Balaban J connectivity index is 1.81. The molecule has 1 unspecified atom stereocenters. The number of fused-ring (bicyclic) bond motifs is 1. The fraction of sp³-hybridized carbons (Fsp3) is 0.500. The summed E-state index contributed by atoms with van der Waals surface area (Å²) in [7, 11) is 1.57. The molecule has 1 fully saturated rings. The second-order valence-corrected chi connectivity index (χ2v) is 5.75. The number of hydrogen-bond acceptors (Lipinski definition) is 5. The van der Waals surface area contributed by atoms with Gasteiger partial charge in [0.2, 0.25) is 0 Å². The Kier molecular flexibility index (Phi) is 4.40. The van der Waals surface area contributed by atoms with Gasteiger partial charge in [0, 0.05) is 6.54 Å². The molecule has 1 N–H and O–H groups in total. The zero-order valence-electron chi connectivity index (χ0n) is 12.7. The highest BCUT2D eigenvalue weighted by Crippen LogP contribution is 2.16. The predicted molar refractivity (Wildman–Crippen MR) is 84.2 cm³/mol. The number of aliphatic hydroxyl groups excluding tert-OH is 1. The van der Waals surface area contributed by atoms with Crippen molar-refractivity contribution >= 4 is 10.9 Å². The van der Waals surface area contributed by atoms with Crippen molar-refractivity contribution in [3.05, 3.63) is 34.9 Å². The molecular formula is C16H21N3O3. The van der Waals surface area contributed by atoms with Crippen LogP contribution in [-0.2, 0) is 6.54 Å².